The molecule has 0 unspecified atom stereocenters. The number of rotatable bonds is 17. The number of nitrogens with zero attached hydrogens (tertiary/aromatic N) is 10. The molecule has 14 heterocycles. The smallest absolute Gasteiger partial charge is 0.355 e. The van der Waals surface area contributed by atoms with Crippen molar-refractivity contribution < 1.29 is 82.4 Å². The number of H-pyrrole nitrogens is 4. The second-order valence-electron chi connectivity index (χ2n) is 21.7. The van der Waals surface area contributed by atoms with E-state index in [0.29, 0.717) is 112 Å². The summed E-state index contributed by atoms with van der Waals surface area (Å²) < 4.78 is 58.7. The van der Waals surface area contributed by atoms with Gasteiger partial charge in [-0.05, 0) is 62.7 Å². The van der Waals surface area contributed by atoms with Crippen LogP contribution in [-0.4, -0.2) is 145 Å². The molecule has 15 aromatic rings. The number of halogens is 2. The number of nitrogens with two attached hydrogens (primary N) is 2. The molecule has 111 heavy (non-hydrogen) atoms. The van der Waals surface area contributed by atoms with Crippen molar-refractivity contribution in [2.45, 2.75) is 34.2 Å². The van der Waals surface area contributed by atoms with Gasteiger partial charge in [0.1, 0.15) is 39.6 Å². The number of ether oxygens (including phenoxy) is 4. The summed E-state index contributed by atoms with van der Waals surface area (Å²) in [6, 6.07) is 17.3. The lowest BCUT2D eigenvalue weighted by Crippen LogP contribution is -2.24. The summed E-state index contributed by atoms with van der Waals surface area (Å²) in [6.45, 7) is 7.92. The maximum Gasteiger partial charge on any atom is 0.355 e. The van der Waals surface area contributed by atoms with Crippen LogP contribution in [0.2, 0.25) is 0 Å². The van der Waals surface area contributed by atoms with Crippen molar-refractivity contribution in [2.75, 3.05) is 33.6 Å². The zero-order chi connectivity index (χ0) is 82.1. The minimum atomic E-state index is -1.00. The van der Waals surface area contributed by atoms with Gasteiger partial charge in [-0.15, -0.1) is 22.7 Å². The van der Waals surface area contributed by atoms with Crippen molar-refractivity contribution in [1.29, 1.82) is 0 Å². The van der Waals surface area contributed by atoms with E-state index in [9.17, 15) is 92.4 Å². The van der Waals surface area contributed by atoms with Crippen LogP contribution in [0.15, 0.2) is 99.5 Å². The molecule has 45 heteroatoms. The molecule has 0 amide bonds. The van der Waals surface area contributed by atoms with Crippen LogP contribution >= 0.6 is 68.0 Å². The molecule has 0 fully saturated rings. The van der Waals surface area contributed by atoms with E-state index >= 15 is 0 Å². The van der Waals surface area contributed by atoms with Crippen LogP contribution in [-0.2, 0) is 46.6 Å². The molecular weight excluding hydrogens is 1580 g/mol. The Morgan fingerprint density at radius 1 is 0.568 bits per heavy atom. The predicted octanol–water partition coefficient (Wildman–Crippen LogP) is 12.7. The van der Waals surface area contributed by atoms with Gasteiger partial charge in [0.2, 0.25) is 0 Å². The van der Waals surface area contributed by atoms with Crippen LogP contribution in [0.4, 0.5) is 28.8 Å². The average molecular weight is 1640 g/mol. The van der Waals surface area contributed by atoms with Crippen LogP contribution in [0.5, 0.6) is 0 Å². The number of alkyl halides is 1. The van der Waals surface area contributed by atoms with Gasteiger partial charge in [-0.2, -0.15) is 10.2 Å². The quantitative estimate of drug-likeness (QED) is 0.0123. The first-order chi connectivity index (χ1) is 53.6. The molecule has 0 radical (unpaired) electrons. The molecule has 8 N–H and O–H groups in total. The first-order valence-corrected chi connectivity index (χ1v) is 36.6. The third kappa shape index (κ3) is 17.7. The second kappa shape index (κ2) is 37.4. The molecule has 0 aliphatic rings. The van der Waals surface area contributed by atoms with Crippen molar-refractivity contribution in [3.05, 3.63) is 202 Å². The third-order valence-electron chi connectivity index (χ3n) is 15.5. The monoisotopic (exact) mass is 1640 g/mol. The molecule has 580 valence electrons. The average Bonchev–Trinajstić information content (AvgIpc) is 1.35. The second-order valence-corrected chi connectivity index (χ2v) is 27.7. The fraction of sp³-hybridized carbons (Fsp3) is 0.197. The number of benzene rings is 1. The molecule has 15 rings (SSSR count). The number of thiophene rings is 6. The van der Waals surface area contributed by atoms with Gasteiger partial charge in [0.05, 0.1) is 176 Å². The summed E-state index contributed by atoms with van der Waals surface area (Å²) in [6.07, 6.45) is 4.71. The maximum absolute atomic E-state index is 13.8. The number of aromatic nitrogens is 10. The van der Waals surface area contributed by atoms with Gasteiger partial charge in [-0.25, -0.2) is 33.3 Å². The molecule has 0 bridgehead atoms. The Hall–Kier alpha value is -12.8. The largest absolute Gasteiger partial charge is 0.461 e. The highest BCUT2D eigenvalue weighted by Gasteiger charge is 2.29. The van der Waals surface area contributed by atoms with Gasteiger partial charge in [-0.3, -0.25) is 80.5 Å². The summed E-state index contributed by atoms with van der Waals surface area (Å²) in [4.78, 5) is 153. The van der Waals surface area contributed by atoms with E-state index in [-0.39, 0.29) is 85.1 Å². The van der Waals surface area contributed by atoms with Crippen molar-refractivity contribution >= 4 is 214 Å². The van der Waals surface area contributed by atoms with Gasteiger partial charge < -0.3 is 47.6 Å². The van der Waals surface area contributed by atoms with Crippen LogP contribution in [0, 0.1) is 46.3 Å². The number of carbonyl (C=O) groups excluding carboxylic acids is 7. The van der Waals surface area contributed by atoms with Crippen LogP contribution < -0.4 is 22.8 Å². The van der Waals surface area contributed by atoms with E-state index in [1.54, 1.807) is 87.5 Å². The van der Waals surface area contributed by atoms with E-state index in [2.05, 4.69) is 41.9 Å². The van der Waals surface area contributed by atoms with Crippen LogP contribution in [0.1, 0.15) is 108 Å². The normalized spacial score (nSPS) is 10.7. The first-order valence-electron chi connectivity index (χ1n) is 32.3. The first kappa shape index (κ1) is 82.3. The van der Waals surface area contributed by atoms with Gasteiger partial charge in [0.25, 0.3) is 11.1 Å². The predicted molar refractivity (Wildman–Crippen MR) is 414 cm³/mol. The van der Waals surface area contributed by atoms with E-state index in [0.717, 1.165) is 65.8 Å². The Labute approximate surface area is 643 Å². The molecule has 0 saturated carbocycles. The van der Waals surface area contributed by atoms with Crippen LogP contribution in [0.25, 0.3) is 83.1 Å². The number of hydrazine groups is 1. The topological polar surface area (TPSA) is 524 Å². The third-order valence-corrected chi connectivity index (χ3v) is 21.7. The van der Waals surface area contributed by atoms with Gasteiger partial charge in [-0.1, -0.05) is 63.5 Å². The van der Waals surface area contributed by atoms with Crippen molar-refractivity contribution in [1.82, 2.24) is 48.6 Å². The SMILES string of the molecule is CCOC(=O)c1[nH]c2cc([N+](=O)[O-])sc2c1C=O.CCOC(=O)c1[nH]c2ccsc2c1C=O.CCOC(=O)c1c(C=O)c2sc([N+](=O)[O-])cc2n1C.CCOC(=O)c1cc2sccc2[nH]1.Cn1c2cc([N+](=O)[O-])sc2c2cn[nH]c(=O)c21.Cn1c2cc([N+](=O)[O-])sc2c2cnn(Cc3ccccc3F)c(=O)c21.NN.[2H]CF. The summed E-state index contributed by atoms with van der Waals surface area (Å²) in [5, 5.41) is 58.2. The Balaban J connectivity index is 0.000000168. The number of carbonyl (C=O) groups is 7. The Bertz CT molecular complexity index is 6170. The number of esters is 4. The lowest BCUT2D eigenvalue weighted by atomic mass is 10.2. The van der Waals surface area contributed by atoms with E-state index < -0.39 is 50.6 Å². The number of aldehydes is 3. The van der Waals surface area contributed by atoms with Gasteiger partial charge >= 0.3 is 43.9 Å². The van der Waals surface area contributed by atoms with Crippen molar-refractivity contribution in [3.8, 4) is 0 Å². The number of aromatic amines is 4. The molecule has 0 spiro atoms. The molecule has 37 nitrogen and oxygen atoms in total. The standard InChI is InChI=1S/C16H11FN4O3S.C11H10N2O5S.C10H8N2O5S.C10H9NO3S.C9H6N4O3S.C9H9NO2S.CH3F.H4N2/c1-19-12-6-13(21(23)24)25-15(12)10-7-18-20(16(22)14(10)19)8-9-4-2-3-5-11(9)17;1-3-18-11(15)9-6(5-14)10-7(12(9)2)4-8(19-10)13(16)17;1-2-17-10(14)8-5(4-13)9-6(11-8)3-7(18-9)12(15)16;1-2-14-10(13)8-6(5-12)9-7(11-8)3-4-15-9;1-12-5-2-6(13(15)16)17-8(5)4-3-10-11-9(14)7(4)12;1-2-12-9(11)7-5-8-6(10-7)3-4-13-8;2*1-2/h2-7H,8H2,1H3;4-5H,3H2,1-2H3;3-4,11H,2H2,1H3;3-5,11H,2H2,1H3;2-3H,1H3,(H,11,14);3-5,10H,2H2,1H3;1H3;1-2H2/i;;;;;;1D;. The number of fused-ring (bicyclic) bond motifs is 10. The summed E-state index contributed by atoms with van der Waals surface area (Å²) in [5.41, 5.74) is 6.05. The molecule has 14 aromatic heterocycles. The zero-order valence-corrected chi connectivity index (χ0v) is 63.4. The lowest BCUT2D eigenvalue weighted by molar-refractivity contribution is -0.380. The number of hydrogen-bond donors (Lipinski definition) is 6. The number of aryl methyl sites for hydroxylation is 3. The van der Waals surface area contributed by atoms with E-state index in [4.69, 9.17) is 20.3 Å². The van der Waals surface area contributed by atoms with E-state index in [1.165, 1.54) is 63.3 Å². The lowest BCUT2D eigenvalue weighted by Gasteiger charge is -2.06. The van der Waals surface area contributed by atoms with Crippen LogP contribution in [0.3, 0.4) is 0 Å². The molecule has 0 saturated heterocycles. The number of nitro groups is 4. The summed E-state index contributed by atoms with van der Waals surface area (Å²) >= 11 is 6.80. The molecule has 0 atom stereocenters. The van der Waals surface area contributed by atoms with Crippen molar-refractivity contribution in [3.63, 3.8) is 0 Å². The Morgan fingerprint density at radius 2 is 1.03 bits per heavy atom. The maximum atomic E-state index is 13.8. The minimum absolute atomic E-state index is 0.0121. The van der Waals surface area contributed by atoms with E-state index in [1.807, 2.05) is 29.0 Å². The van der Waals surface area contributed by atoms with Gasteiger partial charge in [0, 0.05) is 37.5 Å². The Morgan fingerprint density at radius 3 is 1.56 bits per heavy atom. The minimum Gasteiger partial charge on any atom is -0.461 e. The zero-order valence-electron chi connectivity index (χ0n) is 59.5. The highest BCUT2D eigenvalue weighted by atomic mass is 32.1. The molecule has 0 aliphatic heterocycles. The molecule has 0 aliphatic carbocycles. The summed E-state index contributed by atoms with van der Waals surface area (Å²) in [5.74, 6) is 5.57. The number of hydrogen-bond acceptors (Lipinski definition) is 31. The number of nitrogens with one attached hydrogen (secondary N) is 4. The fourth-order valence-electron chi connectivity index (χ4n) is 10.8. The fourth-order valence-corrected chi connectivity index (χ4v) is 16.4. The molecular formula is C66H60F2N16O21S6. The van der Waals surface area contributed by atoms with Crippen molar-refractivity contribution in [2.24, 2.45) is 32.8 Å². The highest BCUT2D eigenvalue weighted by molar-refractivity contribution is 7.24. The molecule has 1 aromatic carbocycles. The summed E-state index contributed by atoms with van der Waals surface area (Å²) in [7, 11) is 3.95. The Kier molecular flexibility index (Phi) is 27.7. The van der Waals surface area contributed by atoms with Gasteiger partial charge in [0.15, 0.2) is 18.9 Å². The highest BCUT2D eigenvalue weighted by Crippen LogP contribution is 2.40.